The predicted molar refractivity (Wildman–Crippen MR) is 121 cm³/mol. The third kappa shape index (κ3) is 6.15. The molecule has 2 N–H and O–H groups in total. The highest BCUT2D eigenvalue weighted by Crippen LogP contribution is 2.30. The fraction of sp³-hybridized carbons (Fsp3) is 0.238. The standard InChI is InChI=1S/C21H21Cl2N3O5S/c1-3-30-21(27)25-18-11-17(26-32(28,29)16-7-4-14(22)5-8-16)13(2)10-19(18)31-20-9-6-15(23)12-24-20/h4-9,11-13,26H,3,10H2,1-2H3,(H,25,27). The molecule has 1 atom stereocenters. The second-order valence-corrected chi connectivity index (χ2v) is 9.42. The maximum atomic E-state index is 12.8. The van der Waals surface area contributed by atoms with Gasteiger partial charge in [0.2, 0.25) is 5.88 Å². The number of hydrogen-bond acceptors (Lipinski definition) is 6. The number of aromatic nitrogens is 1. The number of pyridine rings is 1. The van der Waals surface area contributed by atoms with Crippen molar-refractivity contribution in [2.24, 2.45) is 5.92 Å². The van der Waals surface area contributed by atoms with E-state index in [2.05, 4.69) is 15.0 Å². The van der Waals surface area contributed by atoms with Crippen molar-refractivity contribution in [2.75, 3.05) is 6.61 Å². The van der Waals surface area contributed by atoms with Gasteiger partial charge in [0, 0.05) is 35.3 Å². The molecular weight excluding hydrogens is 477 g/mol. The molecular formula is C21H21Cl2N3O5S. The first-order valence-electron chi connectivity index (χ1n) is 9.64. The van der Waals surface area contributed by atoms with Gasteiger partial charge < -0.3 is 9.47 Å². The van der Waals surface area contributed by atoms with Crippen LogP contribution in [-0.2, 0) is 14.8 Å². The zero-order valence-electron chi connectivity index (χ0n) is 17.3. The topological polar surface area (TPSA) is 107 Å². The van der Waals surface area contributed by atoms with Crippen LogP contribution in [0.25, 0.3) is 0 Å². The monoisotopic (exact) mass is 497 g/mol. The lowest BCUT2D eigenvalue weighted by molar-refractivity contribution is 0.154. The first kappa shape index (κ1) is 23.9. The number of halogens is 2. The van der Waals surface area contributed by atoms with Gasteiger partial charge in [-0.25, -0.2) is 18.2 Å². The van der Waals surface area contributed by atoms with Crippen molar-refractivity contribution in [1.82, 2.24) is 15.0 Å². The summed E-state index contributed by atoms with van der Waals surface area (Å²) in [6, 6.07) is 9.02. The van der Waals surface area contributed by atoms with E-state index < -0.39 is 16.1 Å². The van der Waals surface area contributed by atoms with Crippen molar-refractivity contribution >= 4 is 39.3 Å². The van der Waals surface area contributed by atoms with Gasteiger partial charge in [-0.15, -0.1) is 0 Å². The predicted octanol–water partition coefficient (Wildman–Crippen LogP) is 4.63. The highest BCUT2D eigenvalue weighted by Gasteiger charge is 2.27. The molecule has 1 aromatic heterocycles. The summed E-state index contributed by atoms with van der Waals surface area (Å²) in [7, 11) is -3.86. The number of nitrogens with zero attached hydrogens (tertiary/aromatic N) is 1. The molecule has 0 aliphatic heterocycles. The average molecular weight is 498 g/mol. The molecule has 0 bridgehead atoms. The largest absolute Gasteiger partial charge is 0.450 e. The number of sulfonamides is 1. The Bertz CT molecular complexity index is 1150. The van der Waals surface area contributed by atoms with E-state index in [4.69, 9.17) is 32.7 Å². The summed E-state index contributed by atoms with van der Waals surface area (Å²) in [5.74, 6) is 0.403. The van der Waals surface area contributed by atoms with Gasteiger partial charge in [0.15, 0.2) is 0 Å². The van der Waals surface area contributed by atoms with Crippen molar-refractivity contribution in [3.8, 4) is 5.88 Å². The van der Waals surface area contributed by atoms with E-state index in [0.717, 1.165) is 0 Å². The fourth-order valence-electron chi connectivity index (χ4n) is 2.86. The highest BCUT2D eigenvalue weighted by atomic mass is 35.5. The number of hydrogen-bond donors (Lipinski definition) is 2. The lowest BCUT2D eigenvalue weighted by atomic mass is 9.96. The molecule has 1 aromatic carbocycles. The molecule has 0 fully saturated rings. The van der Waals surface area contributed by atoms with Gasteiger partial charge in [-0.05, 0) is 43.3 Å². The minimum atomic E-state index is -3.86. The third-order valence-electron chi connectivity index (χ3n) is 4.44. The van der Waals surface area contributed by atoms with E-state index in [1.165, 1.54) is 36.5 Å². The first-order valence-corrected chi connectivity index (χ1v) is 11.9. The second-order valence-electron chi connectivity index (χ2n) is 6.86. The van der Waals surface area contributed by atoms with Crippen molar-refractivity contribution in [1.29, 1.82) is 0 Å². The zero-order chi connectivity index (χ0) is 23.3. The summed E-state index contributed by atoms with van der Waals surface area (Å²) in [5.41, 5.74) is 0.635. The molecule has 0 radical (unpaired) electrons. The molecule has 2 aromatic rings. The molecule has 8 nitrogen and oxygen atoms in total. The smallest absolute Gasteiger partial charge is 0.411 e. The van der Waals surface area contributed by atoms with Crippen LogP contribution >= 0.6 is 23.2 Å². The van der Waals surface area contributed by atoms with E-state index in [1.807, 2.05) is 6.92 Å². The average Bonchev–Trinajstić information content (AvgIpc) is 2.73. The third-order valence-corrected chi connectivity index (χ3v) is 6.31. The minimum absolute atomic E-state index is 0.0614. The number of rotatable bonds is 7. The van der Waals surface area contributed by atoms with Crippen LogP contribution in [0.1, 0.15) is 20.3 Å². The van der Waals surface area contributed by atoms with E-state index >= 15 is 0 Å². The number of ether oxygens (including phenoxy) is 2. The molecule has 1 unspecified atom stereocenters. The lowest BCUT2D eigenvalue weighted by Crippen LogP contribution is -2.33. The van der Waals surface area contributed by atoms with E-state index in [-0.39, 0.29) is 29.0 Å². The van der Waals surface area contributed by atoms with Crippen molar-refractivity contribution in [3.63, 3.8) is 0 Å². The van der Waals surface area contributed by atoms with E-state index in [9.17, 15) is 13.2 Å². The highest BCUT2D eigenvalue weighted by molar-refractivity contribution is 7.89. The van der Waals surface area contributed by atoms with Crippen LogP contribution in [0.15, 0.2) is 70.7 Å². The lowest BCUT2D eigenvalue weighted by Gasteiger charge is -2.26. The molecule has 1 amide bonds. The second kappa shape index (κ2) is 10.2. The Hall–Kier alpha value is -2.75. The Morgan fingerprint density at radius 3 is 2.47 bits per heavy atom. The summed E-state index contributed by atoms with van der Waals surface area (Å²) >= 11 is 11.7. The summed E-state index contributed by atoms with van der Waals surface area (Å²) in [4.78, 5) is 16.2. The maximum absolute atomic E-state index is 12.8. The van der Waals surface area contributed by atoms with Crippen LogP contribution in [0, 0.1) is 5.92 Å². The van der Waals surface area contributed by atoms with Gasteiger partial charge in [0.25, 0.3) is 10.0 Å². The number of allylic oxidation sites excluding steroid dienone is 3. The molecule has 170 valence electrons. The Kier molecular flexibility index (Phi) is 7.65. The molecule has 32 heavy (non-hydrogen) atoms. The Morgan fingerprint density at radius 1 is 1.16 bits per heavy atom. The van der Waals surface area contributed by atoms with E-state index in [0.29, 0.717) is 27.9 Å². The van der Waals surface area contributed by atoms with Crippen LogP contribution in [0.3, 0.4) is 0 Å². The van der Waals surface area contributed by atoms with Crippen molar-refractivity contribution in [2.45, 2.75) is 25.2 Å². The van der Waals surface area contributed by atoms with Gasteiger partial charge in [-0.1, -0.05) is 30.1 Å². The van der Waals surface area contributed by atoms with Gasteiger partial charge in [-0.2, -0.15) is 0 Å². The van der Waals surface area contributed by atoms with Crippen LogP contribution in [0.5, 0.6) is 5.88 Å². The minimum Gasteiger partial charge on any atom is -0.450 e. The van der Waals surface area contributed by atoms with Gasteiger partial charge >= 0.3 is 6.09 Å². The number of carbonyl (C=O) groups excluding carboxylic acids is 1. The number of benzene rings is 1. The summed E-state index contributed by atoms with van der Waals surface area (Å²) in [6.45, 7) is 3.67. The molecule has 11 heteroatoms. The summed E-state index contributed by atoms with van der Waals surface area (Å²) < 4.78 is 39.0. The number of amides is 1. The van der Waals surface area contributed by atoms with Crippen LogP contribution < -0.4 is 14.8 Å². The summed E-state index contributed by atoms with van der Waals surface area (Å²) in [5, 5.41) is 3.47. The maximum Gasteiger partial charge on any atom is 0.411 e. The Balaban J connectivity index is 1.92. The first-order chi connectivity index (χ1) is 15.2. The molecule has 1 aliphatic rings. The molecule has 1 heterocycles. The summed E-state index contributed by atoms with van der Waals surface area (Å²) in [6.07, 6.45) is 2.53. The Labute approximate surface area is 196 Å². The molecule has 0 saturated heterocycles. The van der Waals surface area contributed by atoms with Gasteiger partial charge in [0.1, 0.15) is 5.76 Å². The van der Waals surface area contributed by atoms with Crippen molar-refractivity contribution < 1.29 is 22.7 Å². The molecule has 0 saturated carbocycles. The number of carbonyl (C=O) groups is 1. The number of alkyl carbamates (subject to hydrolysis) is 1. The van der Waals surface area contributed by atoms with Crippen LogP contribution in [-0.4, -0.2) is 26.1 Å². The zero-order valence-corrected chi connectivity index (χ0v) is 19.6. The van der Waals surface area contributed by atoms with Crippen LogP contribution in [0.4, 0.5) is 4.79 Å². The number of nitrogens with one attached hydrogen (secondary N) is 2. The quantitative estimate of drug-likeness (QED) is 0.577. The normalized spacial score (nSPS) is 16.2. The van der Waals surface area contributed by atoms with Gasteiger partial charge in [-0.3, -0.25) is 10.0 Å². The van der Waals surface area contributed by atoms with Crippen LogP contribution in [0.2, 0.25) is 10.0 Å². The molecule has 3 rings (SSSR count). The SMILES string of the molecule is CCOC(=O)NC1=C(Oc2ccc(Cl)cn2)CC(C)C(NS(=O)(=O)c2ccc(Cl)cc2)=C1. The van der Waals surface area contributed by atoms with Gasteiger partial charge in [0.05, 0.1) is 22.2 Å². The molecule has 1 aliphatic carbocycles. The Morgan fingerprint density at radius 2 is 1.84 bits per heavy atom. The van der Waals surface area contributed by atoms with E-state index in [1.54, 1.807) is 19.1 Å². The fourth-order valence-corrected chi connectivity index (χ4v) is 4.28. The van der Waals surface area contributed by atoms with Crippen molar-refractivity contribution in [3.05, 3.63) is 75.9 Å². The molecule has 0 spiro atoms.